The monoisotopic (exact) mass is 334 g/mol. The molecule has 0 aliphatic rings. The number of hydrogen-bond acceptors (Lipinski definition) is 2. The lowest BCUT2D eigenvalue weighted by molar-refractivity contribution is 0.418. The van der Waals surface area contributed by atoms with Crippen molar-refractivity contribution in [3.05, 3.63) is 78.4 Å². The molecule has 2 heteroatoms. The average Bonchev–Trinajstić information content (AvgIpc) is 2.61. The third kappa shape index (κ3) is 3.34. The first-order chi connectivity index (χ1) is 11.5. The van der Waals surface area contributed by atoms with Crippen LogP contribution in [0, 0.1) is 0 Å². The molecule has 3 aromatic rings. The Hall–Kier alpha value is -2.19. The third-order valence-corrected chi connectivity index (χ3v) is 4.43. The van der Waals surface area contributed by atoms with Gasteiger partial charge in [-0.3, -0.25) is 0 Å². The maximum Gasteiger partial charge on any atom is 0.134 e. The Morgan fingerprint density at radius 3 is 1.50 bits per heavy atom. The van der Waals surface area contributed by atoms with E-state index in [0.717, 1.165) is 28.0 Å². The summed E-state index contributed by atoms with van der Waals surface area (Å²) in [6.45, 7) is 4.23. The van der Waals surface area contributed by atoms with Crippen LogP contribution in [0.5, 0.6) is 5.75 Å². The SMILES string of the molecule is COc1c(-c2ccccc2)cc(C(C)(C)S)cc1-c1ccccc1. The summed E-state index contributed by atoms with van der Waals surface area (Å²) in [5, 5.41) is 0. The second-order valence-electron chi connectivity index (χ2n) is 6.40. The first kappa shape index (κ1) is 16.7. The summed E-state index contributed by atoms with van der Waals surface area (Å²) in [5.41, 5.74) is 5.65. The Kier molecular flexibility index (Phi) is 4.68. The second-order valence-corrected chi connectivity index (χ2v) is 7.51. The maximum absolute atomic E-state index is 5.83. The lowest BCUT2D eigenvalue weighted by Crippen LogP contribution is -2.09. The summed E-state index contributed by atoms with van der Waals surface area (Å²) in [5.74, 6) is 0.897. The Balaban J connectivity index is 2.32. The van der Waals surface area contributed by atoms with Crippen molar-refractivity contribution in [2.45, 2.75) is 18.6 Å². The highest BCUT2D eigenvalue weighted by molar-refractivity contribution is 7.81. The van der Waals surface area contributed by atoms with Crippen LogP contribution in [0.1, 0.15) is 19.4 Å². The van der Waals surface area contributed by atoms with Gasteiger partial charge in [0.2, 0.25) is 0 Å². The normalized spacial score (nSPS) is 11.3. The molecule has 0 amide bonds. The van der Waals surface area contributed by atoms with Gasteiger partial charge in [-0.05, 0) is 42.7 Å². The zero-order valence-electron chi connectivity index (χ0n) is 14.3. The summed E-state index contributed by atoms with van der Waals surface area (Å²) in [6.07, 6.45) is 0. The van der Waals surface area contributed by atoms with Gasteiger partial charge in [0, 0.05) is 15.9 Å². The molecule has 0 N–H and O–H groups in total. The summed E-state index contributed by atoms with van der Waals surface area (Å²) in [4.78, 5) is 0. The number of ether oxygens (including phenoxy) is 1. The van der Waals surface area contributed by atoms with E-state index in [9.17, 15) is 0 Å². The maximum atomic E-state index is 5.83. The minimum atomic E-state index is -0.237. The van der Waals surface area contributed by atoms with Gasteiger partial charge in [-0.25, -0.2) is 0 Å². The molecular weight excluding hydrogens is 312 g/mol. The van der Waals surface area contributed by atoms with E-state index in [4.69, 9.17) is 17.4 Å². The van der Waals surface area contributed by atoms with Crippen LogP contribution in [-0.4, -0.2) is 7.11 Å². The van der Waals surface area contributed by atoms with Crippen LogP contribution in [0.4, 0.5) is 0 Å². The van der Waals surface area contributed by atoms with E-state index in [0.29, 0.717) is 0 Å². The summed E-state index contributed by atoms with van der Waals surface area (Å²) in [7, 11) is 1.74. The summed E-state index contributed by atoms with van der Waals surface area (Å²) < 4.78 is 5.59. The predicted molar refractivity (Wildman–Crippen MR) is 106 cm³/mol. The fraction of sp³-hybridized carbons (Fsp3) is 0.182. The largest absolute Gasteiger partial charge is 0.495 e. The topological polar surface area (TPSA) is 9.23 Å². The van der Waals surface area contributed by atoms with Crippen LogP contribution in [0.15, 0.2) is 72.8 Å². The fourth-order valence-electron chi connectivity index (χ4n) is 2.87. The molecule has 1 nitrogen and oxygen atoms in total. The number of rotatable bonds is 4. The van der Waals surface area contributed by atoms with Crippen LogP contribution in [-0.2, 0) is 4.75 Å². The van der Waals surface area contributed by atoms with Crippen molar-refractivity contribution < 1.29 is 4.74 Å². The van der Waals surface area contributed by atoms with Crippen molar-refractivity contribution in [2.24, 2.45) is 0 Å². The van der Waals surface area contributed by atoms with E-state index in [1.165, 1.54) is 5.56 Å². The quantitative estimate of drug-likeness (QED) is 0.559. The number of thiol groups is 1. The molecule has 0 unspecified atom stereocenters. The summed E-state index contributed by atoms with van der Waals surface area (Å²) >= 11 is 4.79. The number of methoxy groups -OCH3 is 1. The van der Waals surface area contributed by atoms with Gasteiger partial charge in [0.05, 0.1) is 7.11 Å². The van der Waals surface area contributed by atoms with Gasteiger partial charge < -0.3 is 4.74 Å². The standard InChI is InChI=1S/C22H22OS/c1-22(2,24)18-14-19(16-10-6-4-7-11-16)21(23-3)20(15-18)17-12-8-5-9-13-17/h4-15,24H,1-3H3. The van der Waals surface area contributed by atoms with Crippen molar-refractivity contribution in [3.8, 4) is 28.0 Å². The van der Waals surface area contributed by atoms with E-state index in [-0.39, 0.29) is 4.75 Å². The lowest BCUT2D eigenvalue weighted by Gasteiger charge is -2.23. The van der Waals surface area contributed by atoms with Crippen molar-refractivity contribution in [1.82, 2.24) is 0 Å². The van der Waals surface area contributed by atoms with Crippen molar-refractivity contribution >= 4 is 12.6 Å². The van der Waals surface area contributed by atoms with Crippen LogP contribution in [0.3, 0.4) is 0 Å². The molecule has 0 aliphatic heterocycles. The molecule has 0 atom stereocenters. The Morgan fingerprint density at radius 2 is 1.17 bits per heavy atom. The minimum Gasteiger partial charge on any atom is -0.495 e. The van der Waals surface area contributed by atoms with Crippen LogP contribution in [0.2, 0.25) is 0 Å². The van der Waals surface area contributed by atoms with E-state index in [1.54, 1.807) is 7.11 Å². The van der Waals surface area contributed by atoms with E-state index in [1.807, 2.05) is 12.1 Å². The molecule has 24 heavy (non-hydrogen) atoms. The molecule has 0 heterocycles. The predicted octanol–water partition coefficient (Wildman–Crippen LogP) is 6.19. The van der Waals surface area contributed by atoms with E-state index >= 15 is 0 Å². The molecule has 122 valence electrons. The molecule has 0 spiro atoms. The molecule has 3 aromatic carbocycles. The smallest absolute Gasteiger partial charge is 0.134 e. The molecule has 0 saturated carbocycles. The first-order valence-electron chi connectivity index (χ1n) is 8.06. The van der Waals surface area contributed by atoms with Crippen molar-refractivity contribution in [1.29, 1.82) is 0 Å². The Morgan fingerprint density at radius 1 is 0.750 bits per heavy atom. The molecule has 0 aromatic heterocycles. The highest BCUT2D eigenvalue weighted by Gasteiger charge is 2.21. The number of benzene rings is 3. The first-order valence-corrected chi connectivity index (χ1v) is 8.51. The van der Waals surface area contributed by atoms with Gasteiger partial charge in [0.1, 0.15) is 5.75 Å². The van der Waals surface area contributed by atoms with E-state index in [2.05, 4.69) is 74.5 Å². The highest BCUT2D eigenvalue weighted by atomic mass is 32.1. The summed E-state index contributed by atoms with van der Waals surface area (Å²) in [6, 6.07) is 25.1. The molecule has 0 bridgehead atoms. The van der Waals surface area contributed by atoms with Crippen molar-refractivity contribution in [3.63, 3.8) is 0 Å². The fourth-order valence-corrected chi connectivity index (χ4v) is 3.00. The third-order valence-electron chi connectivity index (χ3n) is 4.17. The average molecular weight is 334 g/mol. The highest BCUT2D eigenvalue weighted by Crippen LogP contribution is 2.43. The van der Waals surface area contributed by atoms with Gasteiger partial charge in [0.25, 0.3) is 0 Å². The van der Waals surface area contributed by atoms with Crippen molar-refractivity contribution in [2.75, 3.05) is 7.11 Å². The van der Waals surface area contributed by atoms with Crippen LogP contribution in [0.25, 0.3) is 22.3 Å². The molecule has 0 radical (unpaired) electrons. The van der Waals surface area contributed by atoms with Gasteiger partial charge in [-0.1, -0.05) is 60.7 Å². The minimum absolute atomic E-state index is 0.237. The van der Waals surface area contributed by atoms with Gasteiger partial charge in [-0.2, -0.15) is 12.6 Å². The molecule has 0 saturated heterocycles. The van der Waals surface area contributed by atoms with Crippen LogP contribution >= 0.6 is 12.6 Å². The van der Waals surface area contributed by atoms with Gasteiger partial charge in [-0.15, -0.1) is 0 Å². The van der Waals surface area contributed by atoms with E-state index < -0.39 is 0 Å². The van der Waals surface area contributed by atoms with Gasteiger partial charge in [0.15, 0.2) is 0 Å². The molecular formula is C22H22OS. The molecule has 0 aliphatic carbocycles. The zero-order valence-corrected chi connectivity index (χ0v) is 15.2. The Bertz CT molecular complexity index is 757. The zero-order chi connectivity index (χ0) is 17.2. The van der Waals surface area contributed by atoms with Crippen LogP contribution < -0.4 is 4.74 Å². The van der Waals surface area contributed by atoms with Gasteiger partial charge >= 0.3 is 0 Å². The lowest BCUT2D eigenvalue weighted by atomic mass is 9.90. The molecule has 0 fully saturated rings. The Labute approximate surface area is 149 Å². The number of hydrogen-bond donors (Lipinski definition) is 1. The second kappa shape index (κ2) is 6.74. The molecule has 3 rings (SSSR count).